The van der Waals surface area contributed by atoms with E-state index >= 15 is 0 Å². The molecule has 0 spiro atoms. The molecule has 1 heterocycles. The Bertz CT molecular complexity index is 559. The lowest BCUT2D eigenvalue weighted by Crippen LogP contribution is -2.08. The molecule has 0 radical (unpaired) electrons. The Morgan fingerprint density at radius 2 is 2.06 bits per heavy atom. The van der Waals surface area contributed by atoms with Gasteiger partial charge in [0.25, 0.3) is 0 Å². The number of rotatable bonds is 3. The van der Waals surface area contributed by atoms with Gasteiger partial charge in [-0.1, -0.05) is 11.6 Å². The first-order valence-corrected chi connectivity index (χ1v) is 5.60. The first-order valence-electron chi connectivity index (χ1n) is 5.22. The molecule has 0 amide bonds. The quantitative estimate of drug-likeness (QED) is 0.934. The number of halogens is 3. The van der Waals surface area contributed by atoms with Gasteiger partial charge in [0, 0.05) is 13.1 Å². The average Bonchev–Trinajstić information content (AvgIpc) is 2.59. The molecule has 0 aliphatic rings. The number of hydrogen-bond acceptors (Lipinski definition) is 3. The van der Waals surface area contributed by atoms with Crippen LogP contribution in [0.5, 0.6) is 0 Å². The fourth-order valence-electron chi connectivity index (χ4n) is 1.48. The Morgan fingerprint density at radius 3 is 2.61 bits per heavy atom. The van der Waals surface area contributed by atoms with E-state index in [1.807, 2.05) is 6.92 Å². The number of anilines is 1. The standard InChI is InChI=1S/C11H11ClF2N4/c1-6-16-17-10(18(6)2)5-15-11-8(12)3-7(13)4-9(11)14/h3-4,15H,5H2,1-2H3. The van der Waals surface area contributed by atoms with Crippen LogP contribution in [0.25, 0.3) is 0 Å². The van der Waals surface area contributed by atoms with Crippen LogP contribution in [0.15, 0.2) is 12.1 Å². The lowest BCUT2D eigenvalue weighted by atomic mass is 10.3. The highest BCUT2D eigenvalue weighted by Gasteiger charge is 2.11. The molecular formula is C11H11ClF2N4. The number of hydrogen-bond donors (Lipinski definition) is 1. The zero-order valence-electron chi connectivity index (χ0n) is 9.84. The minimum absolute atomic E-state index is 0.00797. The fourth-order valence-corrected chi connectivity index (χ4v) is 1.74. The Morgan fingerprint density at radius 1 is 1.33 bits per heavy atom. The van der Waals surface area contributed by atoms with Gasteiger partial charge in [-0.15, -0.1) is 10.2 Å². The minimum atomic E-state index is -0.737. The highest BCUT2D eigenvalue weighted by atomic mass is 35.5. The number of benzene rings is 1. The monoisotopic (exact) mass is 272 g/mol. The lowest BCUT2D eigenvalue weighted by Gasteiger charge is -2.09. The molecule has 0 atom stereocenters. The molecule has 0 saturated heterocycles. The Labute approximate surface area is 108 Å². The van der Waals surface area contributed by atoms with Gasteiger partial charge in [0.2, 0.25) is 0 Å². The van der Waals surface area contributed by atoms with Crippen molar-refractivity contribution in [1.29, 1.82) is 0 Å². The zero-order valence-corrected chi connectivity index (χ0v) is 10.6. The summed E-state index contributed by atoms with van der Waals surface area (Å²) in [6, 6.07) is 1.82. The number of aryl methyl sites for hydroxylation is 1. The molecule has 0 bridgehead atoms. The van der Waals surface area contributed by atoms with E-state index in [2.05, 4.69) is 15.5 Å². The summed E-state index contributed by atoms with van der Waals surface area (Å²) in [6.07, 6.45) is 0. The van der Waals surface area contributed by atoms with E-state index < -0.39 is 11.6 Å². The SMILES string of the molecule is Cc1nnc(CNc2c(F)cc(F)cc2Cl)n1C. The van der Waals surface area contributed by atoms with Gasteiger partial charge in [-0.25, -0.2) is 8.78 Å². The van der Waals surface area contributed by atoms with E-state index in [1.54, 1.807) is 11.6 Å². The van der Waals surface area contributed by atoms with Crippen LogP contribution in [0.1, 0.15) is 11.6 Å². The molecule has 2 aromatic rings. The van der Waals surface area contributed by atoms with Crippen LogP contribution >= 0.6 is 11.6 Å². The molecule has 0 aliphatic heterocycles. The molecule has 96 valence electrons. The van der Waals surface area contributed by atoms with Crippen molar-refractivity contribution in [3.63, 3.8) is 0 Å². The van der Waals surface area contributed by atoms with Crippen LogP contribution in [-0.2, 0) is 13.6 Å². The predicted molar refractivity (Wildman–Crippen MR) is 64.4 cm³/mol. The van der Waals surface area contributed by atoms with E-state index in [9.17, 15) is 8.78 Å². The highest BCUT2D eigenvalue weighted by Crippen LogP contribution is 2.26. The molecule has 0 saturated carbocycles. The summed E-state index contributed by atoms with van der Waals surface area (Å²) in [6.45, 7) is 2.06. The second-order valence-corrected chi connectivity index (χ2v) is 4.23. The van der Waals surface area contributed by atoms with Gasteiger partial charge in [-0.05, 0) is 13.0 Å². The lowest BCUT2D eigenvalue weighted by molar-refractivity contribution is 0.585. The number of aromatic nitrogens is 3. The highest BCUT2D eigenvalue weighted by molar-refractivity contribution is 6.33. The van der Waals surface area contributed by atoms with Gasteiger partial charge in [-0.2, -0.15) is 0 Å². The number of nitrogens with zero attached hydrogens (tertiary/aromatic N) is 3. The first-order chi connectivity index (χ1) is 8.49. The Hall–Kier alpha value is -1.69. The van der Waals surface area contributed by atoms with Crippen molar-refractivity contribution in [3.8, 4) is 0 Å². The Kier molecular flexibility index (Phi) is 3.47. The summed E-state index contributed by atoms with van der Waals surface area (Å²) >= 11 is 5.76. The minimum Gasteiger partial charge on any atom is -0.374 e. The largest absolute Gasteiger partial charge is 0.374 e. The van der Waals surface area contributed by atoms with Gasteiger partial charge in [0.1, 0.15) is 11.6 Å². The summed E-state index contributed by atoms with van der Waals surface area (Å²) in [7, 11) is 1.80. The second-order valence-electron chi connectivity index (χ2n) is 3.82. The van der Waals surface area contributed by atoms with Crippen molar-refractivity contribution in [2.24, 2.45) is 7.05 Å². The third kappa shape index (κ3) is 2.43. The molecule has 4 nitrogen and oxygen atoms in total. The third-order valence-electron chi connectivity index (χ3n) is 2.61. The van der Waals surface area contributed by atoms with Crippen molar-refractivity contribution in [2.45, 2.75) is 13.5 Å². The maximum atomic E-state index is 13.5. The first kappa shape index (κ1) is 12.8. The van der Waals surface area contributed by atoms with Crippen molar-refractivity contribution in [3.05, 3.63) is 40.4 Å². The van der Waals surface area contributed by atoms with Crippen LogP contribution in [0.2, 0.25) is 5.02 Å². The molecule has 1 aromatic carbocycles. The molecule has 0 aliphatic carbocycles. The molecule has 18 heavy (non-hydrogen) atoms. The average molecular weight is 273 g/mol. The van der Waals surface area contributed by atoms with Crippen LogP contribution < -0.4 is 5.32 Å². The third-order valence-corrected chi connectivity index (χ3v) is 2.91. The molecule has 1 aromatic heterocycles. The molecule has 0 fully saturated rings. The van der Waals surface area contributed by atoms with Gasteiger partial charge in [-0.3, -0.25) is 0 Å². The van der Waals surface area contributed by atoms with Crippen molar-refractivity contribution >= 4 is 17.3 Å². The predicted octanol–water partition coefficient (Wildman–Crippen LogP) is 2.67. The molecule has 2 rings (SSSR count). The van der Waals surface area contributed by atoms with Crippen molar-refractivity contribution in [1.82, 2.24) is 14.8 Å². The number of nitrogens with one attached hydrogen (secondary N) is 1. The molecule has 0 unspecified atom stereocenters. The van der Waals surface area contributed by atoms with Crippen molar-refractivity contribution < 1.29 is 8.78 Å². The normalized spacial score (nSPS) is 10.7. The topological polar surface area (TPSA) is 42.7 Å². The Balaban J connectivity index is 2.18. The second kappa shape index (κ2) is 4.89. The molecule has 7 heteroatoms. The van der Waals surface area contributed by atoms with E-state index in [0.29, 0.717) is 5.82 Å². The summed E-state index contributed by atoms with van der Waals surface area (Å²) < 4.78 is 28.1. The van der Waals surface area contributed by atoms with Crippen LogP contribution in [0.4, 0.5) is 14.5 Å². The molecule has 1 N–H and O–H groups in total. The van der Waals surface area contributed by atoms with E-state index in [0.717, 1.165) is 18.0 Å². The van der Waals surface area contributed by atoms with E-state index in [-0.39, 0.29) is 17.3 Å². The summed E-state index contributed by atoms with van der Waals surface area (Å²) in [5.41, 5.74) is 0.0544. The van der Waals surface area contributed by atoms with Crippen LogP contribution in [0.3, 0.4) is 0 Å². The van der Waals surface area contributed by atoms with E-state index in [4.69, 9.17) is 11.6 Å². The summed E-state index contributed by atoms with van der Waals surface area (Å²) in [4.78, 5) is 0. The summed E-state index contributed by atoms with van der Waals surface area (Å²) in [5.74, 6) is -0.0683. The maximum absolute atomic E-state index is 13.5. The van der Waals surface area contributed by atoms with E-state index in [1.165, 1.54) is 0 Å². The van der Waals surface area contributed by atoms with Gasteiger partial charge >= 0.3 is 0 Å². The van der Waals surface area contributed by atoms with Gasteiger partial charge in [0.05, 0.1) is 17.3 Å². The smallest absolute Gasteiger partial charge is 0.152 e. The zero-order chi connectivity index (χ0) is 13.3. The maximum Gasteiger partial charge on any atom is 0.152 e. The van der Waals surface area contributed by atoms with Crippen LogP contribution in [0, 0.1) is 18.6 Å². The molecular weight excluding hydrogens is 262 g/mol. The van der Waals surface area contributed by atoms with Crippen molar-refractivity contribution in [2.75, 3.05) is 5.32 Å². The van der Waals surface area contributed by atoms with Crippen LogP contribution in [-0.4, -0.2) is 14.8 Å². The van der Waals surface area contributed by atoms with Gasteiger partial charge < -0.3 is 9.88 Å². The fraction of sp³-hybridized carbons (Fsp3) is 0.273. The van der Waals surface area contributed by atoms with Gasteiger partial charge in [0.15, 0.2) is 11.6 Å². The summed E-state index contributed by atoms with van der Waals surface area (Å²) in [5, 5.41) is 10.6.